The maximum absolute atomic E-state index is 13.9. The van der Waals surface area contributed by atoms with Gasteiger partial charge < -0.3 is 82.3 Å². The molecule has 0 saturated carbocycles. The van der Waals surface area contributed by atoms with Crippen molar-refractivity contribution in [2.45, 2.75) is 186 Å². The molecule has 7 atom stereocenters. The molecule has 630 valence electrons. The second-order valence-corrected chi connectivity index (χ2v) is 36.9. The highest BCUT2D eigenvalue weighted by Gasteiger charge is 2.50. The smallest absolute Gasteiger partial charge is 0.417 e. The summed E-state index contributed by atoms with van der Waals surface area (Å²) in [7, 11) is 11.0. The van der Waals surface area contributed by atoms with E-state index in [0.717, 1.165) is 61.8 Å². The fraction of sp³-hybridized carbons (Fsp3) is 0.524. The van der Waals surface area contributed by atoms with Gasteiger partial charge in [-0.1, -0.05) is 127 Å². The molecule has 4 aromatic rings. The number of anilines is 3. The second-order valence-electron chi connectivity index (χ2n) is 30.8. The lowest BCUT2D eigenvalue weighted by Crippen LogP contribution is -2.51. The molecular formula is C84H110N8O20S4. The average molecular weight is 1680 g/mol. The number of aliphatic hydroxyl groups is 3. The van der Waals surface area contributed by atoms with E-state index in [2.05, 4.69) is 59.0 Å². The number of hydrogen-bond donors (Lipinski definition) is 3. The van der Waals surface area contributed by atoms with Crippen molar-refractivity contribution in [1.29, 1.82) is 0 Å². The lowest BCUT2D eigenvalue weighted by Gasteiger charge is -2.33. The van der Waals surface area contributed by atoms with Gasteiger partial charge in [0.15, 0.2) is 53.2 Å². The molecule has 0 radical (unpaired) electrons. The van der Waals surface area contributed by atoms with Gasteiger partial charge in [-0.25, -0.2) is 29.1 Å². The van der Waals surface area contributed by atoms with Gasteiger partial charge in [0.05, 0.1) is 117 Å². The fourth-order valence-corrected chi connectivity index (χ4v) is 18.5. The van der Waals surface area contributed by atoms with Gasteiger partial charge >= 0.3 is 18.3 Å². The summed E-state index contributed by atoms with van der Waals surface area (Å²) in [5.41, 5.74) is 5.58. The molecule has 32 heteroatoms. The van der Waals surface area contributed by atoms with E-state index in [-0.39, 0.29) is 140 Å². The minimum Gasteiger partial charge on any atom is -0.493 e. The van der Waals surface area contributed by atoms with E-state index < -0.39 is 60.7 Å². The number of nitrogens with zero attached hydrogens (tertiary/aromatic N) is 8. The van der Waals surface area contributed by atoms with Crippen LogP contribution in [0.2, 0.25) is 0 Å². The minimum absolute atomic E-state index is 0. The zero-order chi connectivity index (χ0) is 82.9. The van der Waals surface area contributed by atoms with Crippen molar-refractivity contribution in [3.63, 3.8) is 0 Å². The Bertz CT molecular complexity index is 4400. The van der Waals surface area contributed by atoms with E-state index in [1.54, 1.807) is 81.0 Å². The van der Waals surface area contributed by atoms with Crippen molar-refractivity contribution in [3.8, 4) is 40.2 Å². The zero-order valence-corrected chi connectivity index (χ0v) is 70.5. The summed E-state index contributed by atoms with van der Waals surface area (Å²) >= 11 is 0. The number of hydrogen-bond acceptors (Lipinski definition) is 25. The summed E-state index contributed by atoms with van der Waals surface area (Å²) in [4.78, 5) is 110. The molecule has 0 spiro atoms. The number of aryl methyl sites for hydroxylation is 1. The molecule has 0 bridgehead atoms. The number of ether oxygens (including phenoxy) is 10. The number of aliphatic hydroxyl groups excluding tert-OH is 3. The molecule has 3 N–H and O–H groups in total. The van der Waals surface area contributed by atoms with Crippen molar-refractivity contribution in [3.05, 3.63) is 125 Å². The predicted octanol–water partition coefficient (Wildman–Crippen LogP) is 14.6. The number of carbonyl (C=O) groups is 7. The van der Waals surface area contributed by atoms with Crippen LogP contribution in [0, 0.1) is 6.92 Å². The normalized spacial score (nSPS) is 20.6. The van der Waals surface area contributed by atoms with Crippen LogP contribution in [0.15, 0.2) is 102 Å². The third-order valence-electron chi connectivity index (χ3n) is 20.2. The van der Waals surface area contributed by atoms with Crippen LogP contribution in [0.4, 0.5) is 37.1 Å². The van der Waals surface area contributed by atoms with Gasteiger partial charge in [0, 0.05) is 78.7 Å². The molecule has 8 aliphatic rings. The van der Waals surface area contributed by atoms with E-state index in [1.165, 1.54) is 55.4 Å². The van der Waals surface area contributed by atoms with Crippen LogP contribution >= 0.6 is 43.2 Å². The molecule has 4 saturated heterocycles. The van der Waals surface area contributed by atoms with Crippen LogP contribution in [0.25, 0.3) is 0 Å². The summed E-state index contributed by atoms with van der Waals surface area (Å²) in [6, 6.07) is 10.8. The molecule has 4 aromatic carbocycles. The highest BCUT2D eigenvalue weighted by atomic mass is 33.1. The quantitative estimate of drug-likeness (QED) is 0.0197. The summed E-state index contributed by atoms with van der Waals surface area (Å²) in [5.74, 6) is 2.52. The van der Waals surface area contributed by atoms with E-state index in [9.17, 15) is 48.9 Å². The van der Waals surface area contributed by atoms with Crippen molar-refractivity contribution in [1.82, 2.24) is 19.6 Å². The van der Waals surface area contributed by atoms with Gasteiger partial charge in [-0.3, -0.25) is 24.2 Å². The Labute approximate surface area is 695 Å². The molecule has 4 fully saturated rings. The molecule has 12 rings (SSSR count). The first-order valence-electron chi connectivity index (χ1n) is 38.7. The third kappa shape index (κ3) is 20.6. The molecule has 8 heterocycles. The number of unbranched alkanes of at least 4 members (excludes halogenated alkanes) is 4. The summed E-state index contributed by atoms with van der Waals surface area (Å²) in [6.45, 7) is 34.4. The second kappa shape index (κ2) is 39.6. The van der Waals surface area contributed by atoms with Crippen LogP contribution in [0.5, 0.6) is 40.2 Å². The molecule has 8 aliphatic heterocycles. The van der Waals surface area contributed by atoms with Gasteiger partial charge in [0.25, 0.3) is 23.6 Å². The predicted molar refractivity (Wildman–Crippen MR) is 454 cm³/mol. The molecular weight excluding hydrogens is 1570 g/mol. The van der Waals surface area contributed by atoms with Gasteiger partial charge in [-0.15, -0.1) is 0 Å². The highest BCUT2D eigenvalue weighted by molar-refractivity contribution is 8.77. The van der Waals surface area contributed by atoms with Gasteiger partial charge in [0.1, 0.15) is 24.6 Å². The van der Waals surface area contributed by atoms with E-state index in [4.69, 9.17) is 47.4 Å². The van der Waals surface area contributed by atoms with Crippen LogP contribution in [-0.4, -0.2) is 241 Å². The molecule has 116 heavy (non-hydrogen) atoms. The first-order chi connectivity index (χ1) is 54.9. The van der Waals surface area contributed by atoms with E-state index in [1.807, 2.05) is 30.2 Å². The molecule has 28 nitrogen and oxygen atoms in total. The van der Waals surface area contributed by atoms with Crippen LogP contribution in [0.1, 0.15) is 167 Å². The number of rotatable bonds is 29. The summed E-state index contributed by atoms with van der Waals surface area (Å²) in [6.07, 6.45) is 1.19. The zero-order valence-electron chi connectivity index (χ0n) is 67.3. The lowest BCUT2D eigenvalue weighted by molar-refractivity contribution is 0.0310. The van der Waals surface area contributed by atoms with Gasteiger partial charge in [-0.05, 0) is 122 Å². The standard InChI is InChI=1S/C44H58N4O12S2.C39H48N4O8S2.CH4/c1-25(2)62-61-16-15-59-42(53)47-30-21-36(34(55-8)19-28(30)38(49)45-23-26(3)17-32(45)40(47)51)57-13-11-10-12-14-58-37-22-31-29(20-35(37)56-9)39(50)46-24-27(4)18-33(46)41(52)48(31)43(54)60-44(5,6)7;1-23(2)53-52-13-12-51-39(47)43-31-19-35(34(48-6)17-29(31)37(45)42-22-25(4)15-32(42)38(43)46)50-11-9-7-8-10-49-33-18-30-28(16-26(33)5)36(44)41-21-24(3)14-27(41)20-40-30;/h19-22,25,32-33,40-41,51-52H,3-4,10-18,23-24H2,1-2,5-9H3;16-20,23,27,32,38,46H,3-4,7-15,21-22H2,1-2,5-6H3;1H4/t32-,33-,40?,41?;27-,32-,38?;/m00./s1. The Balaban J connectivity index is 0.000000246. The van der Waals surface area contributed by atoms with E-state index in [0.29, 0.717) is 115 Å². The molecule has 3 unspecified atom stereocenters. The number of fused-ring (bicyclic) bond motifs is 8. The van der Waals surface area contributed by atoms with Crippen LogP contribution in [0.3, 0.4) is 0 Å². The fourth-order valence-electron chi connectivity index (χ4n) is 14.8. The lowest BCUT2D eigenvalue weighted by atomic mass is 10.1. The molecule has 0 aromatic heterocycles. The number of methoxy groups -OCH3 is 3. The van der Waals surface area contributed by atoms with Crippen molar-refractivity contribution < 1.29 is 96.2 Å². The van der Waals surface area contributed by atoms with Gasteiger partial charge in [-0.2, -0.15) is 0 Å². The Kier molecular flexibility index (Phi) is 30.5. The van der Waals surface area contributed by atoms with E-state index >= 15 is 0 Å². The Morgan fingerprint density at radius 3 is 1.17 bits per heavy atom. The first kappa shape index (κ1) is 89.4. The van der Waals surface area contributed by atoms with Crippen molar-refractivity contribution in [2.75, 3.05) is 113 Å². The SMILES string of the molecule is C.C=C1C[C@H]2C(O)N(C(=O)OCCSSC(C)C)c3cc(OCCCCCOc4cc5c(cc4OC)C(=O)N4CC(=C)C[C@H]4C(O)N5C(=O)OC(C)(C)C)c(OC)cc3C(=O)N2C1.C=C1C[C@H]2C=Nc3cc(OCCCCCOc4cc5c(cc4OC)C(=O)N4CC(=C)C[C@H]4C(O)N5C(=O)OCCSSC(C)C)c(C)cc3C(=O)N2C1. The topological polar surface area (TPSA) is 308 Å². The van der Waals surface area contributed by atoms with Crippen LogP contribution < -0.4 is 47.9 Å². The number of aliphatic imine (C=N–C) groups is 1. The maximum Gasteiger partial charge on any atom is 0.417 e. The average Bonchev–Trinajstić information content (AvgIpc) is 1.60. The highest BCUT2D eigenvalue weighted by Crippen LogP contribution is 2.47. The summed E-state index contributed by atoms with van der Waals surface area (Å²) < 4.78 is 58.4. The number of benzene rings is 4. The largest absolute Gasteiger partial charge is 0.493 e. The summed E-state index contributed by atoms with van der Waals surface area (Å²) in [5, 5.41) is 35.6. The first-order valence-corrected chi connectivity index (χ1v) is 43.5. The minimum atomic E-state index is -1.41. The van der Waals surface area contributed by atoms with Crippen molar-refractivity contribution in [2.24, 2.45) is 4.99 Å². The van der Waals surface area contributed by atoms with Gasteiger partial charge in [0.2, 0.25) is 0 Å². The molecule has 0 aliphatic carbocycles. The Hall–Kier alpha value is -8.92. The number of amides is 7. The number of carbonyl (C=O) groups excluding carboxylic acids is 7. The monoisotopic (exact) mass is 1680 g/mol. The Morgan fingerprint density at radius 2 is 0.810 bits per heavy atom. The third-order valence-corrected chi connectivity index (χ3v) is 26.0. The van der Waals surface area contributed by atoms with Crippen molar-refractivity contribution >= 4 is 114 Å². The van der Waals surface area contributed by atoms with Crippen LogP contribution in [-0.2, 0) is 14.2 Å². The molecule has 7 amide bonds. The maximum atomic E-state index is 13.9. The Morgan fingerprint density at radius 1 is 0.466 bits per heavy atom.